The number of amides is 3. The molecule has 4 aromatic rings. The number of rotatable bonds is 12. The van der Waals surface area contributed by atoms with E-state index in [4.69, 9.17) is 5.11 Å². The predicted octanol–water partition coefficient (Wildman–Crippen LogP) is 3.03. The highest BCUT2D eigenvalue weighted by Gasteiger charge is 2.21. The molecule has 0 saturated heterocycles. The normalized spacial score (nSPS) is 10.1. The molecule has 2 heterocycles. The number of anilines is 2. The van der Waals surface area contributed by atoms with Crippen molar-refractivity contribution in [2.45, 2.75) is 53.4 Å². The third-order valence-electron chi connectivity index (χ3n) is 7.74. The highest BCUT2D eigenvalue weighted by atomic mass is 16.4. The number of nitrogens with zero attached hydrogens (tertiary/aromatic N) is 5. The molecule has 15 nitrogen and oxygen atoms in total. The Balaban J connectivity index is 0.000000303. The van der Waals surface area contributed by atoms with Crippen molar-refractivity contribution < 1.29 is 24.3 Å². The van der Waals surface area contributed by atoms with Gasteiger partial charge < -0.3 is 35.1 Å². The molecular weight excluding hydrogens is 680 g/mol. The van der Waals surface area contributed by atoms with Crippen molar-refractivity contribution in [1.29, 1.82) is 0 Å². The van der Waals surface area contributed by atoms with E-state index < -0.39 is 5.97 Å². The second kappa shape index (κ2) is 21.3. The molecule has 3 amide bonds. The molecule has 0 aliphatic rings. The number of aromatic nitrogens is 4. The molecule has 2 aromatic carbocycles. The summed E-state index contributed by atoms with van der Waals surface area (Å²) in [5, 5.41) is 11.5. The Bertz CT molecular complexity index is 1940. The number of hydrogen-bond donors (Lipinski definition) is 4. The zero-order valence-electron chi connectivity index (χ0n) is 31.6. The van der Waals surface area contributed by atoms with Crippen molar-refractivity contribution in [3.05, 3.63) is 116 Å². The number of hydrogen-bond acceptors (Lipinski definition) is 9. The smallest absolute Gasteiger partial charge is 0.303 e. The topological polar surface area (TPSA) is 202 Å². The maximum atomic E-state index is 12.8. The first-order chi connectivity index (χ1) is 25.0. The minimum Gasteiger partial charge on any atom is -0.481 e. The lowest BCUT2D eigenvalue weighted by molar-refractivity contribution is -0.137. The fraction of sp³-hybridized carbons (Fsp3) is 0.368. The highest BCUT2D eigenvalue weighted by Crippen LogP contribution is 2.16. The molecule has 2 aromatic heterocycles. The average Bonchev–Trinajstić information content (AvgIpc) is 3.09. The molecule has 0 atom stereocenters. The Morgan fingerprint density at radius 1 is 0.660 bits per heavy atom. The van der Waals surface area contributed by atoms with E-state index in [2.05, 4.69) is 25.3 Å². The van der Waals surface area contributed by atoms with Crippen molar-refractivity contribution in [3.63, 3.8) is 0 Å². The number of carbonyl (C=O) groups is 4. The average molecular weight is 731 g/mol. The van der Waals surface area contributed by atoms with Crippen LogP contribution in [0.2, 0.25) is 0 Å². The Morgan fingerprint density at radius 2 is 1.11 bits per heavy atom. The lowest BCUT2D eigenvalue weighted by Crippen LogP contribution is -2.40. The maximum absolute atomic E-state index is 12.8. The lowest BCUT2D eigenvalue weighted by Gasteiger charge is -2.24. The van der Waals surface area contributed by atoms with Crippen LogP contribution < -0.4 is 21.3 Å². The zero-order valence-corrected chi connectivity index (χ0v) is 31.6. The highest BCUT2D eigenvalue weighted by molar-refractivity contribution is 5.98. The number of para-hydroxylation sites is 2. The largest absolute Gasteiger partial charge is 0.481 e. The van der Waals surface area contributed by atoms with Crippen LogP contribution in [-0.2, 0) is 32.0 Å². The van der Waals surface area contributed by atoms with Gasteiger partial charge in [-0.2, -0.15) is 0 Å². The van der Waals surface area contributed by atoms with Gasteiger partial charge in [-0.25, -0.2) is 9.97 Å². The molecule has 284 valence electrons. The van der Waals surface area contributed by atoms with Crippen molar-refractivity contribution in [1.82, 2.24) is 29.7 Å². The minimum absolute atomic E-state index is 0.0443. The first-order valence-corrected chi connectivity index (χ1v) is 16.9. The molecule has 0 aliphatic carbocycles. The Labute approximate surface area is 309 Å². The summed E-state index contributed by atoms with van der Waals surface area (Å²) in [6.45, 7) is 7.17. The lowest BCUT2D eigenvalue weighted by atomic mass is 10.1. The molecule has 53 heavy (non-hydrogen) atoms. The summed E-state index contributed by atoms with van der Waals surface area (Å²) in [6.07, 6.45) is 0.565. The number of carboxylic acids is 1. The molecule has 0 radical (unpaired) electrons. The summed E-state index contributed by atoms with van der Waals surface area (Å²) >= 11 is 0. The molecule has 0 saturated carbocycles. The van der Waals surface area contributed by atoms with Crippen LogP contribution in [0.5, 0.6) is 0 Å². The van der Waals surface area contributed by atoms with Crippen LogP contribution in [0.25, 0.3) is 0 Å². The summed E-state index contributed by atoms with van der Waals surface area (Å²) in [7, 11) is 6.79. The number of aliphatic carboxylic acids is 1. The molecule has 0 unspecified atom stereocenters. The third kappa shape index (κ3) is 14.9. The fourth-order valence-corrected chi connectivity index (χ4v) is 4.79. The fourth-order valence-electron chi connectivity index (χ4n) is 4.79. The number of nitrogens with one attached hydrogen (secondary N) is 3. The first-order valence-electron chi connectivity index (χ1n) is 16.9. The predicted molar refractivity (Wildman–Crippen MR) is 204 cm³/mol. The second-order valence-corrected chi connectivity index (χ2v) is 12.4. The van der Waals surface area contributed by atoms with Crippen LogP contribution in [0.15, 0.2) is 70.3 Å². The summed E-state index contributed by atoms with van der Waals surface area (Å²) in [4.78, 5) is 87.9. The van der Waals surface area contributed by atoms with E-state index in [0.29, 0.717) is 46.4 Å². The van der Waals surface area contributed by atoms with Gasteiger partial charge in [0.15, 0.2) is 0 Å². The quantitative estimate of drug-likeness (QED) is 0.168. The van der Waals surface area contributed by atoms with Crippen LogP contribution in [-0.4, -0.2) is 99.8 Å². The molecule has 4 N–H and O–H groups in total. The first kappa shape index (κ1) is 43.0. The van der Waals surface area contributed by atoms with Gasteiger partial charge in [0.1, 0.15) is 18.2 Å². The Hall–Kier alpha value is -6.12. The standard InChI is InChI=1S/C19H24N4O3.C10H14N2O.C9H12N2O3/c1-13-16(19(26)21-14(2)20-13)10-11-17(24)23(12-18(25)22(3)4)15-8-6-5-7-9-15;1-12(2)10(13)8-11-9-6-4-3-5-7-9;1-5-7(3-4-8(12)13)9(14)11-6(2)10-5/h5-9H,10-12H2,1-4H3,(H,20,21,26);3-7,11H,8H2,1-2H3;3-4H2,1-2H3,(H,12,13)(H,10,11,14). The van der Waals surface area contributed by atoms with Crippen LogP contribution in [0, 0.1) is 27.7 Å². The van der Waals surface area contributed by atoms with Crippen LogP contribution in [0.3, 0.4) is 0 Å². The van der Waals surface area contributed by atoms with Gasteiger partial charge >= 0.3 is 5.97 Å². The number of aromatic amines is 2. The van der Waals surface area contributed by atoms with Crippen LogP contribution >= 0.6 is 0 Å². The number of likely N-dealkylation sites (N-methyl/N-ethyl adjacent to an activating group) is 2. The number of aryl methyl sites for hydroxylation is 4. The molecule has 0 bridgehead atoms. The van der Waals surface area contributed by atoms with Crippen molar-refractivity contribution in [2.75, 3.05) is 51.5 Å². The van der Waals surface area contributed by atoms with Gasteiger partial charge in [-0.3, -0.25) is 28.8 Å². The van der Waals surface area contributed by atoms with Gasteiger partial charge in [-0.05, 0) is 64.8 Å². The van der Waals surface area contributed by atoms with E-state index in [1.54, 1.807) is 72.9 Å². The minimum atomic E-state index is -0.913. The number of H-pyrrole nitrogens is 2. The van der Waals surface area contributed by atoms with Crippen molar-refractivity contribution in [3.8, 4) is 0 Å². The van der Waals surface area contributed by atoms with E-state index in [1.165, 1.54) is 9.80 Å². The molecule has 0 aliphatic heterocycles. The molecule has 0 spiro atoms. The van der Waals surface area contributed by atoms with E-state index in [0.717, 1.165) is 5.69 Å². The van der Waals surface area contributed by atoms with Gasteiger partial charge in [0.2, 0.25) is 17.7 Å². The zero-order chi connectivity index (χ0) is 39.7. The van der Waals surface area contributed by atoms with E-state index in [-0.39, 0.29) is 61.1 Å². The molecule has 4 rings (SSSR count). The van der Waals surface area contributed by atoms with E-state index >= 15 is 0 Å². The third-order valence-corrected chi connectivity index (χ3v) is 7.74. The number of carboxylic acid groups (broad SMARTS) is 1. The van der Waals surface area contributed by atoms with E-state index in [1.807, 2.05) is 48.5 Å². The summed E-state index contributed by atoms with van der Waals surface area (Å²) in [6, 6.07) is 18.7. The Morgan fingerprint density at radius 3 is 1.55 bits per heavy atom. The molecule has 15 heteroatoms. The van der Waals surface area contributed by atoms with Gasteiger partial charge in [0.05, 0.1) is 6.54 Å². The van der Waals surface area contributed by atoms with Gasteiger partial charge in [0.25, 0.3) is 11.1 Å². The summed E-state index contributed by atoms with van der Waals surface area (Å²) in [5.41, 5.74) is 3.34. The monoisotopic (exact) mass is 730 g/mol. The summed E-state index contributed by atoms with van der Waals surface area (Å²) in [5.74, 6) is -0.135. The van der Waals surface area contributed by atoms with Crippen molar-refractivity contribution >= 4 is 35.1 Å². The van der Waals surface area contributed by atoms with E-state index in [9.17, 15) is 28.8 Å². The molecular formula is C38H50N8O7. The number of benzene rings is 2. The van der Waals surface area contributed by atoms with Crippen LogP contribution in [0.1, 0.15) is 47.0 Å². The van der Waals surface area contributed by atoms with Crippen molar-refractivity contribution in [2.24, 2.45) is 0 Å². The second-order valence-electron chi connectivity index (χ2n) is 12.4. The van der Waals surface area contributed by atoms with Gasteiger partial charge in [-0.1, -0.05) is 36.4 Å². The SMILES string of the molecule is CN(C)C(=O)CNc1ccccc1.Cc1nc(C)c(CCC(=O)N(CC(=O)N(C)C)c2ccccc2)c(=O)[nH]1.Cc1nc(C)c(CCC(=O)O)c(=O)[nH]1. The summed E-state index contributed by atoms with van der Waals surface area (Å²) < 4.78 is 0. The maximum Gasteiger partial charge on any atom is 0.303 e. The van der Waals surface area contributed by atoms with Crippen LogP contribution in [0.4, 0.5) is 11.4 Å². The Kier molecular flexibility index (Phi) is 17.3. The number of carbonyl (C=O) groups excluding carboxylic acids is 3. The molecule has 0 fully saturated rings. The van der Waals surface area contributed by atoms with Gasteiger partial charge in [-0.15, -0.1) is 0 Å². The van der Waals surface area contributed by atoms with Gasteiger partial charge in [0, 0.05) is 74.9 Å².